The first kappa shape index (κ1) is 16.3. The lowest BCUT2D eigenvalue weighted by Crippen LogP contribution is -2.39. The molecule has 21 heavy (non-hydrogen) atoms. The van der Waals surface area contributed by atoms with Gasteiger partial charge in [0, 0.05) is 10.9 Å². The van der Waals surface area contributed by atoms with Crippen molar-refractivity contribution in [2.75, 3.05) is 0 Å². The maximum atomic E-state index is 13.2. The van der Waals surface area contributed by atoms with Crippen molar-refractivity contribution in [3.8, 4) is 0 Å². The number of thioether (sulfide) groups is 1. The van der Waals surface area contributed by atoms with Crippen molar-refractivity contribution in [2.45, 2.75) is 61.6 Å². The first-order chi connectivity index (χ1) is 10.1. The molecule has 2 nitrogen and oxygen atoms in total. The molecule has 1 aliphatic rings. The van der Waals surface area contributed by atoms with Gasteiger partial charge in [0.25, 0.3) is 0 Å². The number of hydrogen-bond donors (Lipinski definition) is 1. The summed E-state index contributed by atoms with van der Waals surface area (Å²) in [6.07, 6.45) is 6.88. The van der Waals surface area contributed by atoms with Gasteiger partial charge >= 0.3 is 0 Å². The van der Waals surface area contributed by atoms with Crippen LogP contribution in [0.3, 0.4) is 0 Å². The largest absolute Gasteiger partial charge is 0.352 e. The van der Waals surface area contributed by atoms with Crippen molar-refractivity contribution in [3.05, 3.63) is 29.8 Å². The molecule has 1 aromatic carbocycles. The molecule has 2 rings (SSSR count). The molecule has 0 unspecified atom stereocenters. The lowest BCUT2D eigenvalue weighted by atomic mass is 10.1. The molecule has 1 N–H and O–H groups in total. The number of amides is 1. The maximum Gasteiger partial charge on any atom is 0.233 e. The molecule has 0 radical (unpaired) electrons. The van der Waals surface area contributed by atoms with Gasteiger partial charge in [0.05, 0.1) is 5.25 Å². The van der Waals surface area contributed by atoms with Crippen LogP contribution < -0.4 is 5.32 Å². The Morgan fingerprint density at radius 3 is 2.48 bits per heavy atom. The second-order valence-corrected chi connectivity index (χ2v) is 6.95. The zero-order valence-corrected chi connectivity index (χ0v) is 13.0. The minimum atomic E-state index is -0.878. The van der Waals surface area contributed by atoms with Crippen LogP contribution in [0.25, 0.3) is 0 Å². The quantitative estimate of drug-likeness (QED) is 0.664. The van der Waals surface area contributed by atoms with Crippen LogP contribution in [0.4, 0.5) is 8.78 Å². The molecule has 1 amide bonds. The van der Waals surface area contributed by atoms with Gasteiger partial charge in [-0.1, -0.05) is 25.7 Å². The third kappa shape index (κ3) is 4.99. The number of rotatable bonds is 4. The number of carbonyl (C=O) groups excluding carboxylic acids is 1. The predicted molar refractivity (Wildman–Crippen MR) is 81.3 cm³/mol. The number of benzene rings is 1. The lowest BCUT2D eigenvalue weighted by molar-refractivity contribution is -0.121. The fraction of sp³-hybridized carbons (Fsp3) is 0.562. The highest BCUT2D eigenvalue weighted by molar-refractivity contribution is 8.00. The van der Waals surface area contributed by atoms with Gasteiger partial charge in [-0.2, -0.15) is 0 Å². The normalized spacial score (nSPS) is 18.0. The van der Waals surface area contributed by atoms with Crippen molar-refractivity contribution in [1.29, 1.82) is 0 Å². The molecule has 116 valence electrons. The first-order valence-electron chi connectivity index (χ1n) is 7.48. The molecule has 0 saturated heterocycles. The predicted octanol–water partition coefficient (Wildman–Crippen LogP) is 4.28. The van der Waals surface area contributed by atoms with E-state index in [0.717, 1.165) is 37.8 Å². The number of carbonyl (C=O) groups is 1. The highest BCUT2D eigenvalue weighted by Crippen LogP contribution is 2.25. The molecule has 0 bridgehead atoms. The van der Waals surface area contributed by atoms with Gasteiger partial charge in [-0.3, -0.25) is 4.79 Å². The van der Waals surface area contributed by atoms with Crippen LogP contribution in [0.5, 0.6) is 0 Å². The van der Waals surface area contributed by atoms with E-state index < -0.39 is 11.6 Å². The monoisotopic (exact) mass is 313 g/mol. The summed E-state index contributed by atoms with van der Waals surface area (Å²) in [7, 11) is 0. The van der Waals surface area contributed by atoms with Gasteiger partial charge in [-0.05, 0) is 38.0 Å². The minimum Gasteiger partial charge on any atom is -0.352 e. The Balaban J connectivity index is 1.87. The minimum absolute atomic E-state index is 0.0309. The summed E-state index contributed by atoms with van der Waals surface area (Å²) in [4.78, 5) is 12.7. The maximum absolute atomic E-state index is 13.2. The van der Waals surface area contributed by atoms with E-state index in [-0.39, 0.29) is 17.2 Å². The molecule has 0 aromatic heterocycles. The van der Waals surface area contributed by atoms with Crippen molar-refractivity contribution in [3.63, 3.8) is 0 Å². The van der Waals surface area contributed by atoms with E-state index in [1.807, 2.05) is 0 Å². The molecule has 1 aromatic rings. The van der Waals surface area contributed by atoms with Gasteiger partial charge < -0.3 is 5.32 Å². The molecule has 5 heteroatoms. The summed E-state index contributed by atoms with van der Waals surface area (Å²) in [6.45, 7) is 1.79. The Hall–Kier alpha value is -1.10. The van der Waals surface area contributed by atoms with Crippen LogP contribution in [0, 0.1) is 11.6 Å². The molecule has 0 heterocycles. The zero-order valence-electron chi connectivity index (χ0n) is 12.2. The number of hydrogen-bond acceptors (Lipinski definition) is 2. The highest BCUT2D eigenvalue weighted by Gasteiger charge is 2.20. The molecule has 1 aliphatic carbocycles. The molecule has 1 saturated carbocycles. The Kier molecular flexibility index (Phi) is 6.03. The molecule has 1 atom stereocenters. The Morgan fingerprint density at radius 1 is 1.19 bits per heavy atom. The molecule has 0 aliphatic heterocycles. The highest BCUT2D eigenvalue weighted by atomic mass is 32.2. The van der Waals surface area contributed by atoms with E-state index in [1.165, 1.54) is 30.7 Å². The Labute approximate surface area is 128 Å². The van der Waals surface area contributed by atoms with E-state index >= 15 is 0 Å². The summed E-state index contributed by atoms with van der Waals surface area (Å²) in [5.74, 6) is -1.78. The van der Waals surface area contributed by atoms with Crippen LogP contribution in [-0.2, 0) is 4.79 Å². The first-order valence-corrected chi connectivity index (χ1v) is 8.36. The smallest absolute Gasteiger partial charge is 0.233 e. The summed E-state index contributed by atoms with van der Waals surface area (Å²) in [5.41, 5.74) is 0. The molecular weight excluding hydrogens is 292 g/mol. The summed E-state index contributed by atoms with van der Waals surface area (Å²) in [5, 5.41) is 2.76. The molecule has 1 fully saturated rings. The van der Waals surface area contributed by atoms with E-state index in [1.54, 1.807) is 6.92 Å². The second-order valence-electron chi connectivity index (χ2n) is 5.53. The average molecular weight is 313 g/mol. The number of nitrogens with one attached hydrogen (secondary N) is 1. The SMILES string of the molecule is C[C@@H](Sc1ccc(F)c(F)c1)C(=O)NC1CCCCCC1. The van der Waals surface area contributed by atoms with Crippen molar-refractivity contribution >= 4 is 17.7 Å². The fourth-order valence-electron chi connectivity index (χ4n) is 2.55. The Morgan fingerprint density at radius 2 is 1.86 bits per heavy atom. The average Bonchev–Trinajstić information content (AvgIpc) is 2.71. The van der Waals surface area contributed by atoms with Crippen LogP contribution >= 0.6 is 11.8 Å². The van der Waals surface area contributed by atoms with Gasteiger partial charge in [0.1, 0.15) is 0 Å². The zero-order chi connectivity index (χ0) is 15.2. The van der Waals surface area contributed by atoms with Crippen LogP contribution in [0.1, 0.15) is 45.4 Å². The summed E-state index contributed by atoms with van der Waals surface area (Å²) >= 11 is 1.25. The van der Waals surface area contributed by atoms with E-state index in [0.29, 0.717) is 4.90 Å². The summed E-state index contributed by atoms with van der Waals surface area (Å²) < 4.78 is 26.0. The van der Waals surface area contributed by atoms with Crippen LogP contribution in [0.2, 0.25) is 0 Å². The third-order valence-corrected chi connectivity index (χ3v) is 4.87. The van der Waals surface area contributed by atoms with Crippen LogP contribution in [-0.4, -0.2) is 17.2 Å². The van der Waals surface area contributed by atoms with Gasteiger partial charge in [-0.25, -0.2) is 8.78 Å². The van der Waals surface area contributed by atoms with E-state index in [2.05, 4.69) is 5.32 Å². The van der Waals surface area contributed by atoms with Crippen molar-refractivity contribution in [1.82, 2.24) is 5.32 Å². The van der Waals surface area contributed by atoms with Crippen molar-refractivity contribution in [2.24, 2.45) is 0 Å². The van der Waals surface area contributed by atoms with Gasteiger partial charge in [0.15, 0.2) is 11.6 Å². The summed E-state index contributed by atoms with van der Waals surface area (Å²) in [6, 6.07) is 3.98. The molecule has 0 spiro atoms. The standard InChI is InChI=1S/C16H21F2NOS/c1-11(21-13-8-9-14(17)15(18)10-13)16(20)19-12-6-4-2-3-5-7-12/h8-12H,2-7H2,1H3,(H,19,20)/t11-/m1/s1. The number of halogens is 2. The topological polar surface area (TPSA) is 29.1 Å². The van der Waals surface area contributed by atoms with Gasteiger partial charge in [0.2, 0.25) is 5.91 Å². The van der Waals surface area contributed by atoms with Crippen LogP contribution in [0.15, 0.2) is 23.1 Å². The second kappa shape index (κ2) is 7.78. The fourth-order valence-corrected chi connectivity index (χ4v) is 3.45. The van der Waals surface area contributed by atoms with E-state index in [9.17, 15) is 13.6 Å². The van der Waals surface area contributed by atoms with Gasteiger partial charge in [-0.15, -0.1) is 11.8 Å². The third-order valence-electron chi connectivity index (χ3n) is 3.77. The van der Waals surface area contributed by atoms with E-state index in [4.69, 9.17) is 0 Å². The molecular formula is C16H21F2NOS. The Bertz CT molecular complexity index is 487. The lowest BCUT2D eigenvalue weighted by Gasteiger charge is -2.19. The van der Waals surface area contributed by atoms with Crippen molar-refractivity contribution < 1.29 is 13.6 Å².